The lowest BCUT2D eigenvalue weighted by molar-refractivity contribution is -0.126. The highest BCUT2D eigenvalue weighted by atomic mass is 35.5. The minimum Gasteiger partial charge on any atom is -0.351 e. The van der Waals surface area contributed by atoms with E-state index >= 15 is 0 Å². The van der Waals surface area contributed by atoms with Crippen LogP contribution in [0, 0.1) is 0 Å². The second kappa shape index (κ2) is 7.78. The Kier molecular flexibility index (Phi) is 6.03. The van der Waals surface area contributed by atoms with Gasteiger partial charge in [0, 0.05) is 24.2 Å². The molecule has 0 bridgehead atoms. The summed E-state index contributed by atoms with van der Waals surface area (Å²) in [5, 5.41) is 7.02. The molecular weight excluding hydrogens is 286 g/mol. The summed E-state index contributed by atoms with van der Waals surface area (Å²) in [6.07, 6.45) is 2.33. The summed E-state index contributed by atoms with van der Waals surface area (Å²) in [5.41, 5.74) is 1.06. The second-order valence-electron chi connectivity index (χ2n) is 5.64. The van der Waals surface area contributed by atoms with Crippen molar-refractivity contribution in [3.8, 4) is 0 Å². The third-order valence-corrected chi connectivity index (χ3v) is 4.42. The number of carbonyl (C=O) groups is 1. The molecule has 2 rings (SSSR count). The van der Waals surface area contributed by atoms with Gasteiger partial charge in [-0.3, -0.25) is 9.69 Å². The van der Waals surface area contributed by atoms with Crippen molar-refractivity contribution >= 4 is 17.5 Å². The van der Waals surface area contributed by atoms with Crippen molar-refractivity contribution in [2.75, 3.05) is 20.1 Å². The van der Waals surface area contributed by atoms with E-state index < -0.39 is 0 Å². The smallest absolute Gasteiger partial charge is 0.237 e. The predicted octanol–water partition coefficient (Wildman–Crippen LogP) is 2.03. The molecule has 116 valence electrons. The fraction of sp³-hybridized carbons (Fsp3) is 0.562. The topological polar surface area (TPSA) is 44.4 Å². The van der Waals surface area contributed by atoms with Crippen LogP contribution in [0.25, 0.3) is 0 Å². The molecule has 2 unspecified atom stereocenters. The number of piperidine rings is 1. The van der Waals surface area contributed by atoms with E-state index in [1.54, 1.807) is 0 Å². The second-order valence-corrected chi connectivity index (χ2v) is 6.08. The molecule has 0 saturated carbocycles. The summed E-state index contributed by atoms with van der Waals surface area (Å²) in [6, 6.07) is 7.96. The van der Waals surface area contributed by atoms with Gasteiger partial charge in [0.1, 0.15) is 0 Å². The van der Waals surface area contributed by atoms with Crippen molar-refractivity contribution in [3.05, 3.63) is 34.9 Å². The Morgan fingerprint density at radius 1 is 1.43 bits per heavy atom. The van der Waals surface area contributed by atoms with Crippen LogP contribution in [-0.4, -0.2) is 43.0 Å². The molecule has 1 amide bonds. The number of amides is 1. The molecule has 1 aromatic carbocycles. The number of rotatable bonds is 5. The Morgan fingerprint density at radius 3 is 2.81 bits per heavy atom. The molecule has 2 N–H and O–H groups in total. The lowest BCUT2D eigenvalue weighted by Crippen LogP contribution is -2.52. The number of likely N-dealkylation sites (tertiary alicyclic amines) is 1. The van der Waals surface area contributed by atoms with Gasteiger partial charge in [-0.15, -0.1) is 0 Å². The van der Waals surface area contributed by atoms with E-state index in [9.17, 15) is 4.79 Å². The van der Waals surface area contributed by atoms with Crippen LogP contribution in [0.15, 0.2) is 24.3 Å². The number of halogens is 1. The van der Waals surface area contributed by atoms with Crippen molar-refractivity contribution in [2.45, 2.75) is 38.4 Å². The molecule has 2 atom stereocenters. The molecular formula is C16H24ClN3O. The third-order valence-electron chi connectivity index (χ3n) is 4.17. The number of nitrogens with zero attached hydrogens (tertiary/aromatic N) is 1. The molecule has 1 fully saturated rings. The molecule has 1 aliphatic heterocycles. The van der Waals surface area contributed by atoms with Crippen LogP contribution in [0.4, 0.5) is 0 Å². The van der Waals surface area contributed by atoms with Gasteiger partial charge in [-0.2, -0.15) is 0 Å². The first kappa shape index (κ1) is 16.3. The average molecular weight is 310 g/mol. The molecule has 0 radical (unpaired) electrons. The van der Waals surface area contributed by atoms with Gasteiger partial charge in [0.05, 0.1) is 6.04 Å². The van der Waals surface area contributed by atoms with Crippen LogP contribution >= 0.6 is 11.6 Å². The Bertz CT molecular complexity index is 463. The molecule has 0 aromatic heterocycles. The largest absolute Gasteiger partial charge is 0.351 e. The molecule has 1 aromatic rings. The highest BCUT2D eigenvalue weighted by molar-refractivity contribution is 6.30. The summed E-state index contributed by atoms with van der Waals surface area (Å²) in [7, 11) is 1.99. The van der Waals surface area contributed by atoms with Gasteiger partial charge >= 0.3 is 0 Å². The third kappa shape index (κ3) is 4.70. The lowest BCUT2D eigenvalue weighted by Gasteiger charge is -2.35. The maximum absolute atomic E-state index is 12.3. The van der Waals surface area contributed by atoms with E-state index in [2.05, 4.69) is 15.5 Å². The molecule has 1 saturated heterocycles. The Labute approximate surface area is 131 Å². The van der Waals surface area contributed by atoms with E-state index in [-0.39, 0.29) is 11.9 Å². The van der Waals surface area contributed by atoms with Crippen LogP contribution < -0.4 is 10.6 Å². The van der Waals surface area contributed by atoms with E-state index in [1.807, 2.05) is 38.2 Å². The summed E-state index contributed by atoms with van der Waals surface area (Å²) in [4.78, 5) is 14.5. The summed E-state index contributed by atoms with van der Waals surface area (Å²) in [6.45, 7) is 4.46. The zero-order valence-electron chi connectivity index (χ0n) is 12.7. The molecule has 1 heterocycles. The molecule has 1 aliphatic rings. The van der Waals surface area contributed by atoms with Gasteiger partial charge in [-0.1, -0.05) is 23.7 Å². The number of hydrogen-bond donors (Lipinski definition) is 2. The molecule has 5 heteroatoms. The van der Waals surface area contributed by atoms with E-state index in [0.717, 1.165) is 25.1 Å². The summed E-state index contributed by atoms with van der Waals surface area (Å²) in [5.74, 6) is 0.0849. The first-order valence-corrected chi connectivity index (χ1v) is 7.91. The maximum Gasteiger partial charge on any atom is 0.237 e. The van der Waals surface area contributed by atoms with Crippen LogP contribution in [0.1, 0.15) is 25.3 Å². The van der Waals surface area contributed by atoms with Crippen LogP contribution in [0.3, 0.4) is 0 Å². The molecule has 0 spiro atoms. The number of hydrogen-bond acceptors (Lipinski definition) is 3. The van der Waals surface area contributed by atoms with Crippen LogP contribution in [0.5, 0.6) is 0 Å². The fourth-order valence-electron chi connectivity index (χ4n) is 2.70. The van der Waals surface area contributed by atoms with Gasteiger partial charge in [0.25, 0.3) is 0 Å². The quantitative estimate of drug-likeness (QED) is 0.875. The van der Waals surface area contributed by atoms with Gasteiger partial charge in [-0.25, -0.2) is 0 Å². The number of benzene rings is 1. The molecule has 0 aliphatic carbocycles. The van der Waals surface area contributed by atoms with Crippen molar-refractivity contribution in [2.24, 2.45) is 0 Å². The highest BCUT2D eigenvalue weighted by Gasteiger charge is 2.26. The lowest BCUT2D eigenvalue weighted by atomic mass is 10.0. The summed E-state index contributed by atoms with van der Waals surface area (Å²) >= 11 is 5.85. The Morgan fingerprint density at radius 2 is 2.14 bits per heavy atom. The predicted molar refractivity (Wildman–Crippen MR) is 86.4 cm³/mol. The van der Waals surface area contributed by atoms with E-state index in [4.69, 9.17) is 11.6 Å². The Hall–Kier alpha value is -1.10. The zero-order valence-corrected chi connectivity index (χ0v) is 13.5. The standard InChI is InChI=1S/C16H24ClN3O/c1-12(20-9-3-4-15(11-20)18-2)16(21)19-10-13-5-7-14(17)8-6-13/h5-8,12,15,18H,3-4,9-11H2,1-2H3,(H,19,21). The number of likely N-dealkylation sites (N-methyl/N-ethyl adjacent to an activating group) is 1. The van der Waals surface area contributed by atoms with E-state index in [0.29, 0.717) is 17.6 Å². The maximum atomic E-state index is 12.3. The van der Waals surface area contributed by atoms with Gasteiger partial charge < -0.3 is 10.6 Å². The Balaban J connectivity index is 1.83. The summed E-state index contributed by atoms with van der Waals surface area (Å²) < 4.78 is 0. The normalized spacial score (nSPS) is 21.0. The van der Waals surface area contributed by atoms with Crippen molar-refractivity contribution in [1.29, 1.82) is 0 Å². The van der Waals surface area contributed by atoms with Crippen molar-refractivity contribution in [1.82, 2.24) is 15.5 Å². The zero-order chi connectivity index (χ0) is 15.2. The number of nitrogens with one attached hydrogen (secondary N) is 2. The van der Waals surface area contributed by atoms with Gasteiger partial charge in [-0.05, 0) is 51.1 Å². The average Bonchev–Trinajstić information content (AvgIpc) is 2.53. The monoisotopic (exact) mass is 309 g/mol. The minimum absolute atomic E-state index is 0.0849. The van der Waals surface area contributed by atoms with E-state index in [1.165, 1.54) is 6.42 Å². The molecule has 21 heavy (non-hydrogen) atoms. The van der Waals surface area contributed by atoms with Crippen LogP contribution in [0.2, 0.25) is 5.02 Å². The SMILES string of the molecule is CNC1CCCN(C(C)C(=O)NCc2ccc(Cl)cc2)C1. The highest BCUT2D eigenvalue weighted by Crippen LogP contribution is 2.13. The van der Waals surface area contributed by atoms with Gasteiger partial charge in [0.2, 0.25) is 5.91 Å². The first-order chi connectivity index (χ1) is 10.1. The number of carbonyl (C=O) groups excluding carboxylic acids is 1. The van der Waals surface area contributed by atoms with Gasteiger partial charge in [0.15, 0.2) is 0 Å². The van der Waals surface area contributed by atoms with Crippen molar-refractivity contribution < 1.29 is 4.79 Å². The van der Waals surface area contributed by atoms with Crippen LogP contribution in [-0.2, 0) is 11.3 Å². The minimum atomic E-state index is -0.0894. The molecule has 4 nitrogen and oxygen atoms in total. The fourth-order valence-corrected chi connectivity index (χ4v) is 2.82. The van der Waals surface area contributed by atoms with Crippen molar-refractivity contribution in [3.63, 3.8) is 0 Å². The first-order valence-electron chi connectivity index (χ1n) is 7.53.